The summed E-state index contributed by atoms with van der Waals surface area (Å²) in [6.45, 7) is -0.206. The Balaban J connectivity index is 1.70. The molecule has 5 nitrogen and oxygen atoms in total. The first kappa shape index (κ1) is 18.7. The zero-order chi connectivity index (χ0) is 19.1. The molecule has 3 rings (SSSR count). The average Bonchev–Trinajstić information content (AvgIpc) is 3.25. The Morgan fingerprint density at radius 1 is 1.00 bits per heavy atom. The van der Waals surface area contributed by atoms with Crippen molar-refractivity contribution in [2.24, 2.45) is 0 Å². The second kappa shape index (κ2) is 9.00. The largest absolute Gasteiger partial charge is 0.483 e. The van der Waals surface area contributed by atoms with Crippen molar-refractivity contribution in [1.29, 1.82) is 0 Å². The number of hydrogen-bond donors (Lipinski definition) is 1. The van der Waals surface area contributed by atoms with Gasteiger partial charge in [0.1, 0.15) is 11.3 Å². The molecular formula is C21H19NO4S. The summed E-state index contributed by atoms with van der Waals surface area (Å²) in [7, 11) is 1.30. The molecule has 0 aliphatic carbocycles. The van der Waals surface area contributed by atoms with Crippen molar-refractivity contribution >= 4 is 23.2 Å². The minimum atomic E-state index is -0.508. The lowest BCUT2D eigenvalue weighted by molar-refractivity contribution is -0.123. The third-order valence-electron chi connectivity index (χ3n) is 3.92. The highest BCUT2D eigenvalue weighted by molar-refractivity contribution is 7.10. The van der Waals surface area contributed by atoms with Crippen molar-refractivity contribution in [3.05, 3.63) is 88.1 Å². The Hall–Kier alpha value is -3.12. The van der Waals surface area contributed by atoms with Crippen LogP contribution in [0.1, 0.15) is 26.8 Å². The van der Waals surface area contributed by atoms with Crippen LogP contribution in [0.25, 0.3) is 0 Å². The van der Waals surface area contributed by atoms with E-state index in [2.05, 4.69) is 5.32 Å². The number of methoxy groups -OCH3 is 1. The van der Waals surface area contributed by atoms with Gasteiger partial charge < -0.3 is 14.8 Å². The lowest BCUT2D eigenvalue weighted by Crippen LogP contribution is -2.33. The van der Waals surface area contributed by atoms with E-state index in [0.29, 0.717) is 5.75 Å². The molecule has 0 radical (unpaired) electrons. The van der Waals surface area contributed by atoms with Crippen LogP contribution in [-0.2, 0) is 9.53 Å². The SMILES string of the molecule is COC(=O)c1ccccc1OCC(=O)NC(c1ccccc1)c1cccs1. The fourth-order valence-corrected chi connectivity index (χ4v) is 3.44. The Morgan fingerprint density at radius 2 is 1.74 bits per heavy atom. The molecule has 0 bridgehead atoms. The van der Waals surface area contributed by atoms with Crippen LogP contribution in [0.2, 0.25) is 0 Å². The second-order valence-electron chi connectivity index (χ2n) is 5.70. The molecule has 1 amide bonds. The molecule has 1 aromatic heterocycles. The van der Waals surface area contributed by atoms with Gasteiger partial charge in [-0.05, 0) is 29.1 Å². The Bertz CT molecular complexity index is 894. The summed E-state index contributed by atoms with van der Waals surface area (Å²) in [4.78, 5) is 25.3. The fraction of sp³-hybridized carbons (Fsp3) is 0.143. The zero-order valence-electron chi connectivity index (χ0n) is 14.8. The smallest absolute Gasteiger partial charge is 0.341 e. The highest BCUT2D eigenvalue weighted by Gasteiger charge is 2.19. The number of esters is 1. The van der Waals surface area contributed by atoms with Crippen molar-refractivity contribution in [2.45, 2.75) is 6.04 Å². The maximum Gasteiger partial charge on any atom is 0.341 e. The Labute approximate surface area is 161 Å². The first-order valence-corrected chi connectivity index (χ1v) is 9.25. The normalized spacial score (nSPS) is 11.4. The topological polar surface area (TPSA) is 64.6 Å². The van der Waals surface area contributed by atoms with Crippen LogP contribution in [0.5, 0.6) is 5.75 Å². The van der Waals surface area contributed by atoms with Gasteiger partial charge in [-0.2, -0.15) is 0 Å². The summed E-state index contributed by atoms with van der Waals surface area (Å²) in [5.41, 5.74) is 1.27. The van der Waals surface area contributed by atoms with Crippen LogP contribution in [0.4, 0.5) is 0 Å². The van der Waals surface area contributed by atoms with Gasteiger partial charge in [-0.3, -0.25) is 4.79 Å². The summed E-state index contributed by atoms with van der Waals surface area (Å²) in [6.07, 6.45) is 0. The van der Waals surface area contributed by atoms with Crippen molar-refractivity contribution in [3.63, 3.8) is 0 Å². The number of rotatable bonds is 7. The minimum Gasteiger partial charge on any atom is -0.483 e. The molecule has 0 saturated heterocycles. The molecule has 2 aromatic carbocycles. The highest BCUT2D eigenvalue weighted by Crippen LogP contribution is 2.26. The average molecular weight is 381 g/mol. The van der Waals surface area contributed by atoms with Gasteiger partial charge in [-0.15, -0.1) is 11.3 Å². The summed E-state index contributed by atoms with van der Waals surface area (Å²) >= 11 is 1.57. The van der Waals surface area contributed by atoms with Gasteiger partial charge in [-0.25, -0.2) is 4.79 Å². The van der Waals surface area contributed by atoms with E-state index in [1.54, 1.807) is 35.6 Å². The van der Waals surface area contributed by atoms with Gasteiger partial charge in [0.2, 0.25) is 0 Å². The van der Waals surface area contributed by atoms with Crippen LogP contribution in [0.3, 0.4) is 0 Å². The number of hydrogen-bond acceptors (Lipinski definition) is 5. The zero-order valence-corrected chi connectivity index (χ0v) is 15.6. The maximum absolute atomic E-state index is 12.5. The van der Waals surface area contributed by atoms with Crippen LogP contribution in [0.15, 0.2) is 72.1 Å². The number of para-hydroxylation sites is 1. The lowest BCUT2D eigenvalue weighted by atomic mass is 10.1. The molecule has 1 N–H and O–H groups in total. The molecule has 6 heteroatoms. The van der Waals surface area contributed by atoms with Crippen LogP contribution < -0.4 is 10.1 Å². The van der Waals surface area contributed by atoms with E-state index in [0.717, 1.165) is 10.4 Å². The molecule has 0 aliphatic heterocycles. The first-order chi connectivity index (χ1) is 13.2. The Kier molecular flexibility index (Phi) is 6.22. The van der Waals surface area contributed by atoms with Crippen LogP contribution in [0, 0.1) is 0 Å². The highest BCUT2D eigenvalue weighted by atomic mass is 32.1. The van der Waals surface area contributed by atoms with E-state index in [-0.39, 0.29) is 24.1 Å². The third-order valence-corrected chi connectivity index (χ3v) is 4.85. The van der Waals surface area contributed by atoms with Crippen LogP contribution in [-0.4, -0.2) is 25.6 Å². The molecule has 27 heavy (non-hydrogen) atoms. The van der Waals surface area contributed by atoms with Gasteiger partial charge >= 0.3 is 5.97 Å². The standard InChI is InChI=1S/C21H19NO4S/c1-25-21(24)16-10-5-6-11-17(16)26-14-19(23)22-20(18-12-7-13-27-18)15-8-3-2-4-9-15/h2-13,20H,14H2,1H3,(H,22,23). The molecule has 0 aliphatic rings. The number of benzene rings is 2. The number of ether oxygens (including phenoxy) is 2. The van der Waals surface area contributed by atoms with Crippen molar-refractivity contribution < 1.29 is 19.1 Å². The predicted molar refractivity (Wildman–Crippen MR) is 104 cm³/mol. The van der Waals surface area contributed by atoms with E-state index >= 15 is 0 Å². The fourth-order valence-electron chi connectivity index (χ4n) is 2.64. The summed E-state index contributed by atoms with van der Waals surface area (Å²) in [6, 6.07) is 20.1. The molecule has 0 spiro atoms. The van der Waals surface area contributed by atoms with E-state index in [4.69, 9.17) is 9.47 Å². The molecule has 3 aromatic rings. The second-order valence-corrected chi connectivity index (χ2v) is 6.68. The van der Waals surface area contributed by atoms with E-state index in [1.165, 1.54) is 7.11 Å². The molecule has 0 saturated carbocycles. The van der Waals surface area contributed by atoms with E-state index in [9.17, 15) is 9.59 Å². The molecule has 1 heterocycles. The number of carbonyl (C=O) groups is 2. The molecular weight excluding hydrogens is 362 g/mol. The van der Waals surface area contributed by atoms with E-state index in [1.807, 2.05) is 47.8 Å². The first-order valence-electron chi connectivity index (χ1n) is 8.37. The molecule has 138 valence electrons. The summed E-state index contributed by atoms with van der Waals surface area (Å²) in [5.74, 6) is -0.476. The maximum atomic E-state index is 12.5. The molecule has 1 unspecified atom stereocenters. The molecule has 1 atom stereocenters. The minimum absolute atomic E-state index is 0.206. The van der Waals surface area contributed by atoms with Gasteiger partial charge in [0.05, 0.1) is 13.2 Å². The number of carbonyl (C=O) groups excluding carboxylic acids is 2. The van der Waals surface area contributed by atoms with Crippen LogP contribution >= 0.6 is 11.3 Å². The van der Waals surface area contributed by atoms with Gasteiger partial charge in [0.15, 0.2) is 6.61 Å². The van der Waals surface area contributed by atoms with Gasteiger partial charge in [0.25, 0.3) is 5.91 Å². The van der Waals surface area contributed by atoms with Crippen molar-refractivity contribution in [2.75, 3.05) is 13.7 Å². The number of nitrogens with one attached hydrogen (secondary N) is 1. The number of thiophene rings is 1. The Morgan fingerprint density at radius 3 is 2.44 bits per heavy atom. The third kappa shape index (κ3) is 4.74. The van der Waals surface area contributed by atoms with Crippen molar-refractivity contribution in [3.8, 4) is 5.75 Å². The summed E-state index contributed by atoms with van der Waals surface area (Å²) in [5, 5.41) is 4.97. The van der Waals surface area contributed by atoms with Crippen molar-refractivity contribution in [1.82, 2.24) is 5.32 Å². The van der Waals surface area contributed by atoms with E-state index < -0.39 is 5.97 Å². The molecule has 0 fully saturated rings. The van der Waals surface area contributed by atoms with Gasteiger partial charge in [-0.1, -0.05) is 48.5 Å². The quantitative estimate of drug-likeness (QED) is 0.632. The monoisotopic (exact) mass is 381 g/mol. The summed E-state index contributed by atoms with van der Waals surface area (Å²) < 4.78 is 10.3. The number of amides is 1. The van der Waals surface area contributed by atoms with Gasteiger partial charge in [0, 0.05) is 4.88 Å². The predicted octanol–water partition coefficient (Wildman–Crippen LogP) is 3.82. The lowest BCUT2D eigenvalue weighted by Gasteiger charge is -2.18.